The molecular weight excluding hydrogens is 356 g/mol. The predicted octanol–water partition coefficient (Wildman–Crippen LogP) is 5.56. The van der Waals surface area contributed by atoms with Gasteiger partial charge >= 0.3 is 0 Å². The van der Waals surface area contributed by atoms with Gasteiger partial charge < -0.3 is 9.88 Å². The molecule has 0 aliphatic heterocycles. The van der Waals surface area contributed by atoms with Gasteiger partial charge in [0.2, 0.25) is 5.91 Å². The van der Waals surface area contributed by atoms with Crippen molar-refractivity contribution >= 4 is 16.8 Å². The summed E-state index contributed by atoms with van der Waals surface area (Å²) in [5.74, 6) is 1.46. The van der Waals surface area contributed by atoms with Crippen molar-refractivity contribution in [1.82, 2.24) is 9.88 Å². The van der Waals surface area contributed by atoms with Crippen molar-refractivity contribution < 1.29 is 4.79 Å². The molecule has 4 rings (SSSR count). The molecule has 0 spiro atoms. The summed E-state index contributed by atoms with van der Waals surface area (Å²) in [7, 11) is 0. The van der Waals surface area contributed by atoms with E-state index in [2.05, 4.69) is 84.5 Å². The van der Waals surface area contributed by atoms with Crippen LogP contribution in [0.1, 0.15) is 50.7 Å². The molecule has 29 heavy (non-hydrogen) atoms. The van der Waals surface area contributed by atoms with Crippen LogP contribution in [0.5, 0.6) is 0 Å². The number of nitrogens with one attached hydrogen (secondary N) is 1. The molecule has 1 fully saturated rings. The van der Waals surface area contributed by atoms with Crippen molar-refractivity contribution in [3.8, 4) is 0 Å². The first-order chi connectivity index (χ1) is 14.1. The van der Waals surface area contributed by atoms with Gasteiger partial charge in [-0.1, -0.05) is 75.2 Å². The normalized spacial score (nSPS) is 21.9. The first kappa shape index (κ1) is 19.8. The van der Waals surface area contributed by atoms with Gasteiger partial charge in [-0.3, -0.25) is 4.79 Å². The molecule has 0 saturated heterocycles. The van der Waals surface area contributed by atoms with E-state index in [0.29, 0.717) is 24.3 Å². The lowest BCUT2D eigenvalue weighted by Crippen LogP contribution is -2.43. The second-order valence-corrected chi connectivity index (χ2v) is 8.73. The minimum Gasteiger partial charge on any atom is -0.353 e. The van der Waals surface area contributed by atoms with Gasteiger partial charge in [-0.15, -0.1) is 0 Å². The highest BCUT2D eigenvalue weighted by Gasteiger charge is 2.28. The number of benzene rings is 2. The number of aromatic nitrogens is 1. The first-order valence-corrected chi connectivity index (χ1v) is 11.0. The summed E-state index contributed by atoms with van der Waals surface area (Å²) in [4.78, 5) is 12.7. The van der Waals surface area contributed by atoms with Crippen LogP contribution in [0.3, 0.4) is 0 Å². The lowest BCUT2D eigenvalue weighted by molar-refractivity contribution is -0.122. The fourth-order valence-electron chi connectivity index (χ4n) is 4.75. The molecular formula is C26H32N2O. The van der Waals surface area contributed by atoms with E-state index < -0.39 is 0 Å². The molecule has 1 aliphatic rings. The second kappa shape index (κ2) is 8.86. The molecule has 1 saturated carbocycles. The van der Waals surface area contributed by atoms with Crippen molar-refractivity contribution in [2.24, 2.45) is 11.8 Å². The molecule has 3 aromatic rings. The maximum absolute atomic E-state index is 12.7. The lowest BCUT2D eigenvalue weighted by Gasteiger charge is -2.34. The highest BCUT2D eigenvalue weighted by molar-refractivity contribution is 5.85. The van der Waals surface area contributed by atoms with Crippen LogP contribution in [0.4, 0.5) is 0 Å². The molecule has 1 heterocycles. The summed E-state index contributed by atoms with van der Waals surface area (Å²) >= 11 is 0. The van der Waals surface area contributed by atoms with Crippen LogP contribution < -0.4 is 5.32 Å². The van der Waals surface area contributed by atoms with Crippen molar-refractivity contribution in [1.29, 1.82) is 0 Å². The summed E-state index contributed by atoms with van der Waals surface area (Å²) in [6, 6.07) is 19.4. The summed E-state index contributed by atoms with van der Waals surface area (Å²) in [6.45, 7) is 5.45. The minimum absolute atomic E-state index is 0.191. The van der Waals surface area contributed by atoms with Crippen LogP contribution in [0.2, 0.25) is 0 Å². The summed E-state index contributed by atoms with van der Waals surface area (Å²) in [5.41, 5.74) is 3.79. The maximum atomic E-state index is 12.7. The monoisotopic (exact) mass is 388 g/mol. The van der Waals surface area contributed by atoms with Gasteiger partial charge in [-0.2, -0.15) is 0 Å². The molecule has 1 aromatic heterocycles. The summed E-state index contributed by atoms with van der Waals surface area (Å²) < 4.78 is 2.31. The third kappa shape index (κ3) is 4.55. The van der Waals surface area contributed by atoms with E-state index in [0.717, 1.165) is 19.4 Å². The highest BCUT2D eigenvalue weighted by Crippen LogP contribution is 2.29. The van der Waals surface area contributed by atoms with Crippen LogP contribution in [-0.4, -0.2) is 16.5 Å². The average Bonchev–Trinajstić information content (AvgIpc) is 3.08. The van der Waals surface area contributed by atoms with E-state index in [1.807, 2.05) is 0 Å². The summed E-state index contributed by atoms with van der Waals surface area (Å²) in [5, 5.41) is 4.58. The van der Waals surface area contributed by atoms with Crippen LogP contribution in [-0.2, 0) is 17.8 Å². The molecule has 1 N–H and O–H groups in total. The number of hydrogen-bond donors (Lipinski definition) is 1. The Bertz CT molecular complexity index is 959. The standard InChI is InChI=1S/C26H32N2O/c1-19-9-8-13-24(20(19)2)27-26(29)16-15-22-18-28(17-21-10-4-3-5-11-21)25-14-7-6-12-23(22)25/h3-7,10-12,14,18-20,24H,8-9,13,15-17H2,1-2H3,(H,27,29)/t19-,20-,24+/m1/s1. The summed E-state index contributed by atoms with van der Waals surface area (Å²) in [6.07, 6.45) is 7.20. The number of aryl methyl sites for hydroxylation is 1. The molecule has 1 amide bonds. The Labute approximate surface area is 174 Å². The van der Waals surface area contributed by atoms with Crippen LogP contribution in [0.25, 0.3) is 10.9 Å². The van der Waals surface area contributed by atoms with E-state index in [-0.39, 0.29) is 5.91 Å². The van der Waals surface area contributed by atoms with Gasteiger partial charge in [0.15, 0.2) is 0 Å². The van der Waals surface area contributed by atoms with Gasteiger partial charge in [0.25, 0.3) is 0 Å². The third-order valence-corrected chi connectivity index (χ3v) is 6.74. The molecule has 3 atom stereocenters. The lowest BCUT2D eigenvalue weighted by atomic mass is 9.78. The zero-order valence-corrected chi connectivity index (χ0v) is 17.6. The van der Waals surface area contributed by atoms with Crippen molar-refractivity contribution in [2.45, 2.75) is 58.5 Å². The molecule has 3 heteroatoms. The smallest absolute Gasteiger partial charge is 0.220 e. The van der Waals surface area contributed by atoms with Crippen molar-refractivity contribution in [2.75, 3.05) is 0 Å². The van der Waals surface area contributed by atoms with Crippen molar-refractivity contribution in [3.05, 3.63) is 71.9 Å². The molecule has 152 valence electrons. The minimum atomic E-state index is 0.191. The third-order valence-electron chi connectivity index (χ3n) is 6.74. The van der Waals surface area contributed by atoms with E-state index in [1.54, 1.807) is 0 Å². The number of carbonyl (C=O) groups is 1. The van der Waals surface area contributed by atoms with Gasteiger partial charge in [0.05, 0.1) is 0 Å². The number of hydrogen-bond acceptors (Lipinski definition) is 1. The zero-order chi connectivity index (χ0) is 20.2. The SMILES string of the molecule is C[C@@H]1[C@H](C)CCC[C@@H]1NC(=O)CCc1cn(Cc2ccccc2)c2ccccc12. The fraction of sp³-hybridized carbons (Fsp3) is 0.423. The number of amides is 1. The molecule has 0 bridgehead atoms. The number of rotatable bonds is 6. The van der Waals surface area contributed by atoms with Crippen LogP contribution in [0.15, 0.2) is 60.8 Å². The largest absolute Gasteiger partial charge is 0.353 e. The van der Waals surface area contributed by atoms with Gasteiger partial charge in [0, 0.05) is 36.1 Å². The van der Waals surface area contributed by atoms with E-state index in [4.69, 9.17) is 0 Å². The van der Waals surface area contributed by atoms with E-state index in [1.165, 1.54) is 34.9 Å². The maximum Gasteiger partial charge on any atom is 0.220 e. The molecule has 0 radical (unpaired) electrons. The van der Waals surface area contributed by atoms with Gasteiger partial charge in [0.1, 0.15) is 0 Å². The number of carbonyl (C=O) groups excluding carboxylic acids is 1. The van der Waals surface area contributed by atoms with Gasteiger partial charge in [-0.25, -0.2) is 0 Å². The molecule has 3 nitrogen and oxygen atoms in total. The fourth-order valence-corrected chi connectivity index (χ4v) is 4.75. The Kier molecular flexibility index (Phi) is 6.03. The zero-order valence-electron chi connectivity index (χ0n) is 17.6. The molecule has 2 aromatic carbocycles. The van der Waals surface area contributed by atoms with E-state index >= 15 is 0 Å². The molecule has 0 unspecified atom stereocenters. The Morgan fingerprint density at radius 3 is 2.62 bits per heavy atom. The highest BCUT2D eigenvalue weighted by atomic mass is 16.1. The number of fused-ring (bicyclic) bond motifs is 1. The van der Waals surface area contributed by atoms with Gasteiger partial charge in [-0.05, 0) is 41.9 Å². The topological polar surface area (TPSA) is 34.0 Å². The van der Waals surface area contributed by atoms with Crippen molar-refractivity contribution in [3.63, 3.8) is 0 Å². The Morgan fingerprint density at radius 1 is 1.03 bits per heavy atom. The second-order valence-electron chi connectivity index (χ2n) is 8.73. The first-order valence-electron chi connectivity index (χ1n) is 11.0. The predicted molar refractivity (Wildman–Crippen MR) is 120 cm³/mol. The Hall–Kier alpha value is -2.55. The molecule has 1 aliphatic carbocycles. The Balaban J connectivity index is 1.45. The Morgan fingerprint density at radius 2 is 1.79 bits per heavy atom. The quantitative estimate of drug-likeness (QED) is 0.589. The number of nitrogens with zero attached hydrogens (tertiary/aromatic N) is 1. The number of para-hydroxylation sites is 1. The van der Waals surface area contributed by atoms with E-state index in [9.17, 15) is 4.79 Å². The van der Waals surface area contributed by atoms with Crippen LogP contribution in [0, 0.1) is 11.8 Å². The van der Waals surface area contributed by atoms with Crippen LogP contribution >= 0.6 is 0 Å². The average molecular weight is 389 g/mol.